The molecular weight excluding hydrogens is 408 g/mol. The van der Waals surface area contributed by atoms with Gasteiger partial charge in [0.25, 0.3) is 0 Å². The van der Waals surface area contributed by atoms with Crippen LogP contribution in [0.2, 0.25) is 0 Å². The van der Waals surface area contributed by atoms with Crippen molar-refractivity contribution >= 4 is 17.4 Å². The number of carbonyl (C=O) groups excluding carboxylic acids is 1. The Morgan fingerprint density at radius 1 is 0.969 bits per heavy atom. The zero-order valence-electron chi connectivity index (χ0n) is 18.2. The third-order valence-corrected chi connectivity index (χ3v) is 5.26. The van der Waals surface area contributed by atoms with Gasteiger partial charge in [0, 0.05) is 24.3 Å². The van der Waals surface area contributed by atoms with Crippen molar-refractivity contribution in [2.75, 3.05) is 50.7 Å². The fraction of sp³-hybridized carbons (Fsp3) is 0.292. The van der Waals surface area contributed by atoms with Gasteiger partial charge < -0.3 is 24.4 Å². The van der Waals surface area contributed by atoms with Gasteiger partial charge in [-0.1, -0.05) is 18.2 Å². The molecule has 3 aromatic rings. The Bertz CT molecular complexity index is 1050. The summed E-state index contributed by atoms with van der Waals surface area (Å²) in [7, 11) is 3.15. The van der Waals surface area contributed by atoms with Crippen LogP contribution in [-0.2, 0) is 16.0 Å². The molecule has 166 valence electrons. The van der Waals surface area contributed by atoms with Crippen LogP contribution in [0.25, 0.3) is 11.3 Å². The van der Waals surface area contributed by atoms with E-state index < -0.39 is 0 Å². The molecule has 8 nitrogen and oxygen atoms in total. The van der Waals surface area contributed by atoms with Gasteiger partial charge in [-0.3, -0.25) is 4.79 Å². The third-order valence-electron chi connectivity index (χ3n) is 5.26. The maximum absolute atomic E-state index is 12.5. The molecule has 0 aliphatic carbocycles. The lowest BCUT2D eigenvalue weighted by Gasteiger charge is -2.27. The molecule has 0 unspecified atom stereocenters. The predicted molar refractivity (Wildman–Crippen MR) is 122 cm³/mol. The number of anilines is 2. The van der Waals surface area contributed by atoms with Gasteiger partial charge in [0.15, 0.2) is 17.3 Å². The van der Waals surface area contributed by atoms with E-state index in [0.717, 1.165) is 41.4 Å². The van der Waals surface area contributed by atoms with Crippen LogP contribution in [-0.4, -0.2) is 56.6 Å². The largest absolute Gasteiger partial charge is 0.493 e. The molecule has 0 atom stereocenters. The van der Waals surface area contributed by atoms with E-state index in [0.29, 0.717) is 24.7 Å². The maximum Gasteiger partial charge on any atom is 0.228 e. The SMILES string of the molecule is COc1ccc(CC(=O)Nc2ccc(-c3ccc(N4CCOCC4)nn3)cc2)cc1OC. The number of methoxy groups -OCH3 is 2. The lowest BCUT2D eigenvalue weighted by molar-refractivity contribution is -0.115. The summed E-state index contributed by atoms with van der Waals surface area (Å²) >= 11 is 0. The van der Waals surface area contributed by atoms with E-state index in [4.69, 9.17) is 14.2 Å². The molecule has 0 saturated carbocycles. The van der Waals surface area contributed by atoms with Gasteiger partial charge in [-0.05, 0) is 42.0 Å². The third kappa shape index (κ3) is 5.15. The number of ether oxygens (including phenoxy) is 3. The van der Waals surface area contributed by atoms with Crippen LogP contribution in [0.1, 0.15) is 5.56 Å². The van der Waals surface area contributed by atoms with Crippen molar-refractivity contribution in [3.05, 3.63) is 60.2 Å². The Morgan fingerprint density at radius 3 is 2.38 bits per heavy atom. The highest BCUT2D eigenvalue weighted by atomic mass is 16.5. The van der Waals surface area contributed by atoms with Gasteiger partial charge in [0.2, 0.25) is 5.91 Å². The number of benzene rings is 2. The first-order chi connectivity index (χ1) is 15.7. The maximum atomic E-state index is 12.5. The zero-order chi connectivity index (χ0) is 22.3. The fourth-order valence-electron chi connectivity index (χ4n) is 3.55. The van der Waals surface area contributed by atoms with E-state index in [1.807, 2.05) is 42.5 Å². The molecule has 1 aromatic heterocycles. The molecule has 0 spiro atoms. The van der Waals surface area contributed by atoms with Crippen molar-refractivity contribution in [2.45, 2.75) is 6.42 Å². The van der Waals surface area contributed by atoms with Gasteiger partial charge in [-0.25, -0.2) is 0 Å². The minimum absolute atomic E-state index is 0.111. The highest BCUT2D eigenvalue weighted by Crippen LogP contribution is 2.28. The van der Waals surface area contributed by atoms with Crippen LogP contribution in [0.3, 0.4) is 0 Å². The Morgan fingerprint density at radius 2 is 1.72 bits per heavy atom. The van der Waals surface area contributed by atoms with E-state index in [2.05, 4.69) is 20.4 Å². The molecule has 1 N–H and O–H groups in total. The molecule has 1 amide bonds. The first kappa shape index (κ1) is 21.6. The molecule has 1 saturated heterocycles. The van der Waals surface area contributed by atoms with Gasteiger partial charge >= 0.3 is 0 Å². The van der Waals surface area contributed by atoms with E-state index in [1.54, 1.807) is 26.4 Å². The summed E-state index contributed by atoms with van der Waals surface area (Å²) < 4.78 is 15.9. The molecule has 2 heterocycles. The van der Waals surface area contributed by atoms with Gasteiger partial charge in [0.05, 0.1) is 39.5 Å². The average molecular weight is 434 g/mol. The standard InChI is InChI=1S/C24H26N4O4/c1-30-21-9-3-17(15-22(21)31-2)16-24(29)25-19-6-4-18(5-7-19)20-8-10-23(27-26-20)28-11-13-32-14-12-28/h3-10,15H,11-14,16H2,1-2H3,(H,25,29). The monoisotopic (exact) mass is 434 g/mol. The second kappa shape index (κ2) is 10.1. The molecule has 1 aliphatic heterocycles. The molecule has 0 bridgehead atoms. The molecule has 4 rings (SSSR count). The van der Waals surface area contributed by atoms with Crippen molar-refractivity contribution in [1.29, 1.82) is 0 Å². The highest BCUT2D eigenvalue weighted by Gasteiger charge is 2.13. The molecule has 32 heavy (non-hydrogen) atoms. The van der Waals surface area contributed by atoms with Crippen LogP contribution in [0, 0.1) is 0 Å². The van der Waals surface area contributed by atoms with E-state index >= 15 is 0 Å². The normalized spacial score (nSPS) is 13.5. The Balaban J connectivity index is 1.36. The van der Waals surface area contributed by atoms with Crippen molar-refractivity contribution in [1.82, 2.24) is 10.2 Å². The average Bonchev–Trinajstić information content (AvgIpc) is 2.85. The lowest BCUT2D eigenvalue weighted by atomic mass is 10.1. The molecule has 2 aromatic carbocycles. The summed E-state index contributed by atoms with van der Waals surface area (Å²) in [4.78, 5) is 14.6. The summed E-state index contributed by atoms with van der Waals surface area (Å²) in [5.41, 5.74) is 3.28. The van der Waals surface area contributed by atoms with Crippen LogP contribution in [0.15, 0.2) is 54.6 Å². The number of carbonyl (C=O) groups is 1. The summed E-state index contributed by atoms with van der Waals surface area (Å²) in [5, 5.41) is 11.6. The number of hydrogen-bond acceptors (Lipinski definition) is 7. The first-order valence-corrected chi connectivity index (χ1v) is 10.4. The number of rotatable bonds is 7. The van der Waals surface area contributed by atoms with E-state index in [9.17, 15) is 4.79 Å². The smallest absolute Gasteiger partial charge is 0.228 e. The second-order valence-corrected chi connectivity index (χ2v) is 7.37. The van der Waals surface area contributed by atoms with Crippen LogP contribution in [0.4, 0.5) is 11.5 Å². The van der Waals surface area contributed by atoms with Crippen molar-refractivity contribution < 1.29 is 19.0 Å². The fourth-order valence-corrected chi connectivity index (χ4v) is 3.55. The van der Waals surface area contributed by atoms with E-state index in [1.165, 1.54) is 0 Å². The Labute approximate surface area is 187 Å². The minimum Gasteiger partial charge on any atom is -0.493 e. The quantitative estimate of drug-likeness (QED) is 0.611. The van der Waals surface area contributed by atoms with Crippen LogP contribution >= 0.6 is 0 Å². The van der Waals surface area contributed by atoms with Gasteiger partial charge in [0.1, 0.15) is 0 Å². The van der Waals surface area contributed by atoms with E-state index in [-0.39, 0.29) is 12.3 Å². The minimum atomic E-state index is -0.111. The summed E-state index contributed by atoms with van der Waals surface area (Å²) in [5.74, 6) is 1.98. The Hall–Kier alpha value is -3.65. The van der Waals surface area contributed by atoms with Crippen molar-refractivity contribution in [3.8, 4) is 22.8 Å². The summed E-state index contributed by atoms with van der Waals surface area (Å²) in [6.45, 7) is 3.07. The first-order valence-electron chi connectivity index (χ1n) is 10.4. The molecule has 1 fully saturated rings. The molecule has 0 radical (unpaired) electrons. The number of aromatic nitrogens is 2. The van der Waals surface area contributed by atoms with Crippen molar-refractivity contribution in [2.24, 2.45) is 0 Å². The molecule has 8 heteroatoms. The highest BCUT2D eigenvalue weighted by molar-refractivity contribution is 5.92. The summed E-state index contributed by atoms with van der Waals surface area (Å²) in [6.07, 6.45) is 0.233. The van der Waals surface area contributed by atoms with Crippen LogP contribution < -0.4 is 19.7 Å². The second-order valence-electron chi connectivity index (χ2n) is 7.37. The molecule has 1 aliphatic rings. The number of nitrogens with zero attached hydrogens (tertiary/aromatic N) is 3. The topological polar surface area (TPSA) is 85.8 Å². The number of hydrogen-bond donors (Lipinski definition) is 1. The molecular formula is C24H26N4O4. The predicted octanol–water partition coefficient (Wildman–Crippen LogP) is 3.18. The lowest BCUT2D eigenvalue weighted by Crippen LogP contribution is -2.36. The number of morpholine rings is 1. The number of amides is 1. The Kier molecular flexibility index (Phi) is 6.81. The van der Waals surface area contributed by atoms with Gasteiger partial charge in [-0.2, -0.15) is 0 Å². The summed E-state index contributed by atoms with van der Waals surface area (Å²) in [6, 6.07) is 17.0. The number of nitrogens with one attached hydrogen (secondary N) is 1. The van der Waals surface area contributed by atoms with Gasteiger partial charge in [-0.15, -0.1) is 10.2 Å². The van der Waals surface area contributed by atoms with Crippen LogP contribution in [0.5, 0.6) is 11.5 Å². The van der Waals surface area contributed by atoms with Crippen molar-refractivity contribution in [3.63, 3.8) is 0 Å². The zero-order valence-corrected chi connectivity index (χ0v) is 18.2.